The highest BCUT2D eigenvalue weighted by molar-refractivity contribution is 6.00. The maximum absolute atomic E-state index is 13.7. The molecule has 4 aromatic carbocycles. The molecule has 2 amide bonds. The number of carbonyl (C=O) groups is 3. The second-order valence-corrected chi connectivity index (χ2v) is 11.4. The second-order valence-electron chi connectivity index (χ2n) is 11.4. The number of benzene rings is 4. The highest BCUT2D eigenvalue weighted by Crippen LogP contribution is 2.26. The number of aliphatic carboxylic acids is 1. The maximum Gasteiger partial charge on any atom is 0.490 e. The summed E-state index contributed by atoms with van der Waals surface area (Å²) in [7, 11) is 2.04. The van der Waals surface area contributed by atoms with E-state index in [0.29, 0.717) is 38.2 Å². The molecule has 7 N–H and O–H groups in total. The molecular formula is C37H42F3N5O5. The van der Waals surface area contributed by atoms with Gasteiger partial charge < -0.3 is 36.8 Å². The SMILES string of the molecule is CN(CCCN(Cc1cccc(-c2ccccc2C(=O)NCCN)c1)C(=O)[C@@H](N)Cc1ccc(O)cc1)c1ccccc1.O=C(O)C(F)(F)F. The molecule has 10 nitrogen and oxygen atoms in total. The summed E-state index contributed by atoms with van der Waals surface area (Å²) in [6.07, 6.45) is -3.96. The Hall–Kier alpha value is -5.40. The van der Waals surface area contributed by atoms with Crippen LogP contribution in [0.15, 0.2) is 103 Å². The number of carboxylic acid groups (broad SMARTS) is 1. The number of phenolic OH excluding ortho intramolecular Hbond substituents is 1. The zero-order chi connectivity index (χ0) is 36.7. The van der Waals surface area contributed by atoms with Crippen LogP contribution >= 0.6 is 0 Å². The highest BCUT2D eigenvalue weighted by atomic mass is 19.4. The van der Waals surface area contributed by atoms with Gasteiger partial charge in [0.1, 0.15) is 5.75 Å². The molecule has 50 heavy (non-hydrogen) atoms. The summed E-state index contributed by atoms with van der Waals surface area (Å²) >= 11 is 0. The average Bonchev–Trinajstić information content (AvgIpc) is 3.11. The number of rotatable bonds is 14. The van der Waals surface area contributed by atoms with Gasteiger partial charge in [-0.2, -0.15) is 13.2 Å². The van der Waals surface area contributed by atoms with Gasteiger partial charge in [0.05, 0.1) is 6.04 Å². The highest BCUT2D eigenvalue weighted by Gasteiger charge is 2.38. The van der Waals surface area contributed by atoms with Crippen LogP contribution in [0.2, 0.25) is 0 Å². The second kappa shape index (κ2) is 19.0. The minimum absolute atomic E-state index is 0.137. The Bertz CT molecular complexity index is 1690. The number of aromatic hydroxyl groups is 1. The van der Waals surface area contributed by atoms with Crippen molar-refractivity contribution >= 4 is 23.5 Å². The van der Waals surface area contributed by atoms with Gasteiger partial charge in [-0.25, -0.2) is 4.79 Å². The van der Waals surface area contributed by atoms with Crippen LogP contribution in [-0.4, -0.2) is 78.3 Å². The van der Waals surface area contributed by atoms with Crippen LogP contribution < -0.4 is 21.7 Å². The van der Waals surface area contributed by atoms with E-state index in [4.69, 9.17) is 21.4 Å². The van der Waals surface area contributed by atoms with Crippen molar-refractivity contribution in [3.05, 3.63) is 120 Å². The molecule has 13 heteroatoms. The van der Waals surface area contributed by atoms with Crippen molar-refractivity contribution in [3.8, 4) is 16.9 Å². The molecule has 266 valence electrons. The molecule has 0 spiro atoms. The van der Waals surface area contributed by atoms with E-state index in [-0.39, 0.29) is 17.6 Å². The predicted octanol–water partition coefficient (Wildman–Crippen LogP) is 4.81. The maximum atomic E-state index is 13.7. The number of hydrogen-bond acceptors (Lipinski definition) is 7. The first-order valence-corrected chi connectivity index (χ1v) is 15.8. The van der Waals surface area contributed by atoms with Gasteiger partial charge in [-0.1, -0.05) is 66.7 Å². The number of carboxylic acids is 1. The smallest absolute Gasteiger partial charge is 0.490 e. The first-order valence-electron chi connectivity index (χ1n) is 15.8. The lowest BCUT2D eigenvalue weighted by molar-refractivity contribution is -0.192. The molecule has 0 saturated carbocycles. The molecule has 1 atom stereocenters. The van der Waals surface area contributed by atoms with Crippen molar-refractivity contribution in [3.63, 3.8) is 0 Å². The molecule has 0 bridgehead atoms. The number of hydrogen-bond donors (Lipinski definition) is 5. The number of halogens is 3. The Labute approximate surface area is 289 Å². The van der Waals surface area contributed by atoms with Crippen LogP contribution in [0.4, 0.5) is 18.9 Å². The van der Waals surface area contributed by atoms with Gasteiger partial charge in [0.25, 0.3) is 5.91 Å². The lowest BCUT2D eigenvalue weighted by Crippen LogP contribution is -2.45. The standard InChI is InChI=1S/C35H41N5O3.C2HF3O2/c1-39(29-11-3-2-4-12-29)21-8-22-40(35(43)33(37)24-26-15-17-30(41)18-16-26)25-27-9-7-10-28(23-27)31-13-5-6-14-32(31)34(42)38-20-19-36;3-2(4,5)1(6)7/h2-7,9-18,23,33,41H,8,19-22,24-25,36-37H2,1H3,(H,38,42);(H,6,7)/t33-;/m0./s1. The number of carbonyl (C=O) groups excluding carboxylic acids is 2. The van der Waals surface area contributed by atoms with Crippen molar-refractivity contribution in [2.24, 2.45) is 11.5 Å². The zero-order valence-electron chi connectivity index (χ0n) is 27.6. The summed E-state index contributed by atoms with van der Waals surface area (Å²) in [4.78, 5) is 39.4. The summed E-state index contributed by atoms with van der Waals surface area (Å²) in [6.45, 7) is 2.44. The first kappa shape index (κ1) is 39.0. The molecule has 0 aliphatic carbocycles. The van der Waals surface area contributed by atoms with Crippen LogP contribution in [0.5, 0.6) is 5.75 Å². The topological polar surface area (TPSA) is 162 Å². The molecule has 0 heterocycles. The molecule has 0 aromatic heterocycles. The molecule has 4 rings (SSSR count). The Kier molecular flexibility index (Phi) is 14.8. The van der Waals surface area contributed by atoms with E-state index < -0.39 is 18.2 Å². The normalized spacial score (nSPS) is 11.5. The minimum Gasteiger partial charge on any atom is -0.508 e. The summed E-state index contributed by atoms with van der Waals surface area (Å²) in [5.41, 5.74) is 17.2. The molecular weight excluding hydrogens is 651 g/mol. The Morgan fingerprint density at radius 2 is 1.50 bits per heavy atom. The number of amides is 2. The van der Waals surface area contributed by atoms with E-state index in [2.05, 4.69) is 22.3 Å². The summed E-state index contributed by atoms with van der Waals surface area (Å²) < 4.78 is 31.7. The van der Waals surface area contributed by atoms with Crippen molar-refractivity contribution in [2.45, 2.75) is 31.6 Å². The summed E-state index contributed by atoms with van der Waals surface area (Å²) in [5, 5.41) is 19.6. The molecule has 0 aliphatic heterocycles. The van der Waals surface area contributed by atoms with E-state index in [9.17, 15) is 27.9 Å². The minimum atomic E-state index is -5.08. The van der Waals surface area contributed by atoms with Crippen LogP contribution in [-0.2, 0) is 22.6 Å². The quantitative estimate of drug-likeness (QED) is 0.126. The number of nitrogens with one attached hydrogen (secondary N) is 1. The third-order valence-electron chi connectivity index (χ3n) is 7.59. The van der Waals surface area contributed by atoms with Crippen molar-refractivity contribution in [2.75, 3.05) is 38.1 Å². The van der Waals surface area contributed by atoms with E-state index in [1.807, 2.05) is 72.6 Å². The molecule has 4 aromatic rings. The number of para-hydroxylation sites is 1. The zero-order valence-corrected chi connectivity index (χ0v) is 27.6. The number of phenols is 1. The van der Waals surface area contributed by atoms with Gasteiger partial charge in [0.15, 0.2) is 0 Å². The molecule has 0 aliphatic rings. The van der Waals surface area contributed by atoms with Crippen LogP contribution in [0, 0.1) is 0 Å². The third-order valence-corrected chi connectivity index (χ3v) is 7.59. The first-order chi connectivity index (χ1) is 23.8. The third kappa shape index (κ3) is 12.2. The molecule has 0 saturated heterocycles. The fourth-order valence-electron chi connectivity index (χ4n) is 5.06. The summed E-state index contributed by atoms with van der Waals surface area (Å²) in [6, 6.07) is 31.6. The molecule has 0 radical (unpaired) electrons. The van der Waals surface area contributed by atoms with Crippen molar-refractivity contribution in [1.82, 2.24) is 10.2 Å². The lowest BCUT2D eigenvalue weighted by Gasteiger charge is -2.28. The van der Waals surface area contributed by atoms with Gasteiger partial charge in [0.2, 0.25) is 5.91 Å². The molecule has 0 fully saturated rings. The molecule has 0 unspecified atom stereocenters. The van der Waals surface area contributed by atoms with Gasteiger partial charge in [-0.05, 0) is 71.5 Å². The number of alkyl halides is 3. The van der Waals surface area contributed by atoms with Gasteiger partial charge in [-0.3, -0.25) is 9.59 Å². The Morgan fingerprint density at radius 1 is 0.860 bits per heavy atom. The Balaban J connectivity index is 0.000000872. The monoisotopic (exact) mass is 693 g/mol. The van der Waals surface area contributed by atoms with Gasteiger partial charge >= 0.3 is 12.1 Å². The van der Waals surface area contributed by atoms with Crippen molar-refractivity contribution < 1.29 is 37.8 Å². The van der Waals surface area contributed by atoms with Crippen molar-refractivity contribution in [1.29, 1.82) is 0 Å². The van der Waals surface area contributed by atoms with Gasteiger partial charge in [0, 0.05) is 51.0 Å². The van der Waals surface area contributed by atoms with Crippen LogP contribution in [0.25, 0.3) is 11.1 Å². The van der Waals surface area contributed by atoms with E-state index in [1.54, 1.807) is 30.3 Å². The number of nitrogens with two attached hydrogens (primary N) is 2. The van der Waals surface area contributed by atoms with E-state index >= 15 is 0 Å². The fourth-order valence-corrected chi connectivity index (χ4v) is 5.06. The summed E-state index contributed by atoms with van der Waals surface area (Å²) in [5.74, 6) is -2.90. The predicted molar refractivity (Wildman–Crippen MR) is 186 cm³/mol. The largest absolute Gasteiger partial charge is 0.508 e. The van der Waals surface area contributed by atoms with Gasteiger partial charge in [-0.15, -0.1) is 0 Å². The average molecular weight is 694 g/mol. The Morgan fingerprint density at radius 3 is 2.14 bits per heavy atom. The van der Waals surface area contributed by atoms with Crippen LogP contribution in [0.3, 0.4) is 0 Å². The number of nitrogens with zero attached hydrogens (tertiary/aromatic N) is 2. The lowest BCUT2D eigenvalue weighted by atomic mass is 9.97. The van der Waals surface area contributed by atoms with E-state index in [1.165, 1.54) is 0 Å². The van der Waals surface area contributed by atoms with E-state index in [0.717, 1.165) is 40.9 Å². The fraction of sp³-hybridized carbons (Fsp3) is 0.270. The van der Waals surface area contributed by atoms with Crippen LogP contribution in [0.1, 0.15) is 27.9 Å². The number of anilines is 1.